The van der Waals surface area contributed by atoms with Gasteiger partial charge in [-0.05, 0) is 83.5 Å². The van der Waals surface area contributed by atoms with Crippen LogP contribution in [0.15, 0.2) is 85.1 Å². The molecule has 0 aromatic carbocycles. The first kappa shape index (κ1) is 54.2. The monoisotopic (exact) mass is 817 g/mol. The molecule has 0 fully saturated rings. The maximum atomic E-state index is 12.5. The molecule has 0 saturated heterocycles. The van der Waals surface area contributed by atoms with Gasteiger partial charge in [-0.2, -0.15) is 0 Å². The molecule has 2 atom stereocenters. The Labute approximate surface area is 348 Å². The van der Waals surface area contributed by atoms with Crippen LogP contribution in [0.3, 0.4) is 0 Å². The average Bonchev–Trinajstić information content (AvgIpc) is 3.20. The summed E-state index contributed by atoms with van der Waals surface area (Å²) in [6, 6.07) is 0. The Balaban J connectivity index is 4.07. The van der Waals surface area contributed by atoms with E-state index in [1.165, 1.54) is 77.0 Å². The highest BCUT2D eigenvalue weighted by Crippen LogP contribution is 2.42. The van der Waals surface area contributed by atoms with Gasteiger partial charge in [-0.15, -0.1) is 0 Å². The maximum absolute atomic E-state index is 12.5. The maximum Gasteiger partial charge on any atom is 0.472 e. The largest absolute Gasteiger partial charge is 0.472 e. The smallest absolute Gasteiger partial charge is 0.462 e. The second-order valence-electron chi connectivity index (χ2n) is 14.4. The molecular weight excluding hydrogens is 735 g/mol. The summed E-state index contributed by atoms with van der Waals surface area (Å²) in [6.45, 7) is 3.71. The van der Waals surface area contributed by atoms with Gasteiger partial charge in [0.05, 0.1) is 6.61 Å². The summed E-state index contributed by atoms with van der Waals surface area (Å²) >= 11 is 0. The first-order chi connectivity index (χ1) is 27.8. The van der Waals surface area contributed by atoms with Crippen LogP contribution in [0.4, 0.5) is 0 Å². The van der Waals surface area contributed by atoms with E-state index in [0.29, 0.717) is 12.8 Å². The summed E-state index contributed by atoms with van der Waals surface area (Å²) < 4.78 is 31.9. The third kappa shape index (κ3) is 42.7. The molecule has 2 unspecified atom stereocenters. The van der Waals surface area contributed by atoms with Crippen molar-refractivity contribution >= 4 is 19.8 Å². The van der Waals surface area contributed by atoms with E-state index in [4.69, 9.17) is 14.0 Å². The first-order valence-electron chi connectivity index (χ1n) is 22.3. The van der Waals surface area contributed by atoms with E-state index < -0.39 is 32.5 Å². The second-order valence-corrected chi connectivity index (χ2v) is 16.0. The molecule has 0 heterocycles. The lowest BCUT2D eigenvalue weighted by Gasteiger charge is -2.19. The van der Waals surface area contributed by atoms with E-state index in [1.807, 2.05) is 6.08 Å². The Morgan fingerprint density at radius 1 is 0.509 bits per heavy atom. The minimum atomic E-state index is -4.28. The number of unbranched alkanes of at least 4 members (excludes halogenated alkanes) is 15. The Kier molecular flexibility index (Phi) is 40.7. The number of allylic oxidation sites excluding steroid dienone is 14. The van der Waals surface area contributed by atoms with Crippen LogP contribution in [0, 0.1) is 0 Å². The van der Waals surface area contributed by atoms with Gasteiger partial charge in [-0.25, -0.2) is 4.57 Å². The zero-order valence-electron chi connectivity index (χ0n) is 36.2. The zero-order chi connectivity index (χ0) is 41.8. The lowest BCUT2D eigenvalue weighted by atomic mass is 10.1. The highest BCUT2D eigenvalue weighted by Gasteiger charge is 2.24. The van der Waals surface area contributed by atoms with Crippen LogP contribution in [0.5, 0.6) is 0 Å². The van der Waals surface area contributed by atoms with Crippen LogP contribution in [0.1, 0.15) is 181 Å². The van der Waals surface area contributed by atoms with Gasteiger partial charge in [0.1, 0.15) is 6.61 Å². The molecule has 0 aromatic heterocycles. The molecule has 0 spiro atoms. The molecule has 326 valence electrons. The van der Waals surface area contributed by atoms with Gasteiger partial charge in [0.2, 0.25) is 0 Å². The molecule has 0 amide bonds. The average molecular weight is 817 g/mol. The third-order valence-corrected chi connectivity index (χ3v) is 10.1. The van der Waals surface area contributed by atoms with Crippen molar-refractivity contribution in [2.45, 2.75) is 187 Å². The second kappa shape index (κ2) is 42.8. The molecule has 0 bridgehead atoms. The molecule has 0 radical (unpaired) electrons. The first-order valence-corrected chi connectivity index (χ1v) is 23.8. The fourth-order valence-corrected chi connectivity index (χ4v) is 6.18. The third-order valence-electron chi connectivity index (χ3n) is 9.12. The number of phosphoric ester groups is 1. The summed E-state index contributed by atoms with van der Waals surface area (Å²) in [6.07, 6.45) is 56.4. The molecule has 1 N–H and O–H groups in total. The number of ether oxygens (including phenoxy) is 2. The normalized spacial score (nSPS) is 14.1. The fraction of sp³-hybridized carbons (Fsp3) is 0.667. The number of esters is 2. The number of phosphoric acid groups is 1. The lowest BCUT2D eigenvalue weighted by Crippen LogP contribution is -2.29. The topological polar surface area (TPSA) is 108 Å². The molecule has 0 aliphatic rings. The van der Waals surface area contributed by atoms with E-state index in [2.05, 4.69) is 97.4 Å². The van der Waals surface area contributed by atoms with Gasteiger partial charge < -0.3 is 14.4 Å². The van der Waals surface area contributed by atoms with Crippen molar-refractivity contribution in [3.63, 3.8) is 0 Å². The fourth-order valence-electron chi connectivity index (χ4n) is 5.72. The molecule has 0 aliphatic heterocycles. The van der Waals surface area contributed by atoms with Crippen molar-refractivity contribution < 1.29 is 37.6 Å². The van der Waals surface area contributed by atoms with Gasteiger partial charge in [0, 0.05) is 20.0 Å². The van der Waals surface area contributed by atoms with Gasteiger partial charge in [0.25, 0.3) is 0 Å². The summed E-state index contributed by atoms with van der Waals surface area (Å²) in [7, 11) is -3.24. The number of carbonyl (C=O) groups excluding carboxylic acids is 2. The van der Waals surface area contributed by atoms with Crippen molar-refractivity contribution in [2.75, 3.05) is 20.3 Å². The lowest BCUT2D eigenvalue weighted by molar-refractivity contribution is -0.161. The number of hydrogen-bond acceptors (Lipinski definition) is 7. The molecule has 57 heavy (non-hydrogen) atoms. The van der Waals surface area contributed by atoms with Crippen molar-refractivity contribution in [1.82, 2.24) is 0 Å². The van der Waals surface area contributed by atoms with Crippen LogP contribution in [0.25, 0.3) is 0 Å². The molecular formula is C48H81O8P. The van der Waals surface area contributed by atoms with Crippen LogP contribution >= 0.6 is 7.82 Å². The zero-order valence-corrected chi connectivity index (χ0v) is 37.1. The summed E-state index contributed by atoms with van der Waals surface area (Å²) in [5.41, 5.74) is 0. The predicted molar refractivity (Wildman–Crippen MR) is 239 cm³/mol. The van der Waals surface area contributed by atoms with Crippen molar-refractivity contribution in [1.29, 1.82) is 0 Å². The standard InChI is InChI=1S/C48H81O8P/c1-4-6-8-10-12-14-16-18-20-22-23-24-25-27-28-30-32-34-36-38-40-42-47(49)54-44-46(45-55-57(51,52)53-3)56-48(50)43-41-39-37-35-33-31-29-26-21-19-17-15-13-11-9-7-5-2/h7,9,13,15-16,18-19,21-23,29,31,35,37,46H,4-6,8,10-12,14,17,20,24-28,30,32-34,36,38-45H2,1-3H3,(H,51,52)/b9-7-,15-13-,18-16-,21-19-,23-22-,31-29-,37-35-. The van der Waals surface area contributed by atoms with Crippen molar-refractivity contribution in [2.24, 2.45) is 0 Å². The Morgan fingerprint density at radius 3 is 1.39 bits per heavy atom. The summed E-state index contributed by atoms with van der Waals surface area (Å²) in [5.74, 6) is -0.882. The minimum Gasteiger partial charge on any atom is -0.462 e. The van der Waals surface area contributed by atoms with Crippen molar-refractivity contribution in [3.05, 3.63) is 85.1 Å². The number of hydrogen-bond donors (Lipinski definition) is 1. The highest BCUT2D eigenvalue weighted by molar-refractivity contribution is 7.47. The van der Waals surface area contributed by atoms with Gasteiger partial charge in [-0.3, -0.25) is 18.6 Å². The Bertz CT molecular complexity index is 1200. The van der Waals surface area contributed by atoms with E-state index >= 15 is 0 Å². The summed E-state index contributed by atoms with van der Waals surface area (Å²) in [5, 5.41) is 0. The molecule has 0 saturated carbocycles. The minimum absolute atomic E-state index is 0.161. The van der Waals surface area contributed by atoms with E-state index in [0.717, 1.165) is 71.3 Å². The van der Waals surface area contributed by atoms with Crippen LogP contribution in [0.2, 0.25) is 0 Å². The SMILES string of the molecule is CC/C=C\C/C=C\C/C=C\C/C=C\C/C=C\CCCC(=O)OC(COC(=O)CCCCCCCCCCC/C=C\C/C=C\CCCCCCC)COP(=O)(O)OC. The summed E-state index contributed by atoms with van der Waals surface area (Å²) in [4.78, 5) is 34.5. The van der Waals surface area contributed by atoms with Crippen LogP contribution in [-0.2, 0) is 32.7 Å². The van der Waals surface area contributed by atoms with Crippen LogP contribution in [-0.4, -0.2) is 43.3 Å². The quantitative estimate of drug-likeness (QED) is 0.0282. The molecule has 9 heteroatoms. The van der Waals surface area contributed by atoms with Gasteiger partial charge in [0.15, 0.2) is 6.10 Å². The van der Waals surface area contributed by atoms with Crippen molar-refractivity contribution in [3.8, 4) is 0 Å². The van der Waals surface area contributed by atoms with Gasteiger partial charge in [-0.1, -0.05) is 170 Å². The predicted octanol–water partition coefficient (Wildman–Crippen LogP) is 14.3. The van der Waals surface area contributed by atoms with E-state index in [9.17, 15) is 19.0 Å². The van der Waals surface area contributed by atoms with E-state index in [1.54, 1.807) is 0 Å². The van der Waals surface area contributed by atoms with Crippen LogP contribution < -0.4 is 0 Å². The molecule has 8 nitrogen and oxygen atoms in total. The highest BCUT2D eigenvalue weighted by atomic mass is 31.2. The molecule has 0 aromatic rings. The van der Waals surface area contributed by atoms with Gasteiger partial charge >= 0.3 is 19.8 Å². The Hall–Kier alpha value is -2.77. The van der Waals surface area contributed by atoms with E-state index in [-0.39, 0.29) is 19.4 Å². The molecule has 0 aliphatic carbocycles. The number of carbonyl (C=O) groups is 2. The Morgan fingerprint density at radius 2 is 0.912 bits per heavy atom. The number of rotatable bonds is 40. The molecule has 0 rings (SSSR count).